The van der Waals surface area contributed by atoms with E-state index in [1.54, 1.807) is 24.3 Å². The van der Waals surface area contributed by atoms with Crippen molar-refractivity contribution in [2.45, 2.75) is 44.7 Å². The number of hydrogen-bond acceptors (Lipinski definition) is 7. The first-order valence-electron chi connectivity index (χ1n) is 12.0. The van der Waals surface area contributed by atoms with Crippen molar-refractivity contribution in [2.24, 2.45) is 5.73 Å². The maximum atomic E-state index is 14.4. The van der Waals surface area contributed by atoms with Crippen molar-refractivity contribution in [3.05, 3.63) is 70.5 Å². The zero-order valence-electron chi connectivity index (χ0n) is 20.3. The molecule has 0 spiro atoms. The highest BCUT2D eigenvalue weighted by Crippen LogP contribution is 2.34. The molecule has 5 N–H and O–H groups in total. The van der Waals surface area contributed by atoms with Crippen LogP contribution >= 0.6 is 11.5 Å². The van der Waals surface area contributed by atoms with Gasteiger partial charge in [-0.2, -0.15) is 4.37 Å². The minimum atomic E-state index is -1.18. The summed E-state index contributed by atoms with van der Waals surface area (Å²) in [6.45, 7) is 2.32. The third kappa shape index (κ3) is 5.72. The van der Waals surface area contributed by atoms with Crippen LogP contribution in [0.5, 0.6) is 5.75 Å². The van der Waals surface area contributed by atoms with Crippen molar-refractivity contribution in [2.75, 3.05) is 17.2 Å². The Morgan fingerprint density at radius 1 is 1.19 bits per heavy atom. The molecule has 37 heavy (non-hydrogen) atoms. The van der Waals surface area contributed by atoms with Crippen LogP contribution in [0.25, 0.3) is 0 Å². The molecule has 1 aromatic heterocycles. The molecule has 1 heterocycles. The molecule has 3 aromatic rings. The van der Waals surface area contributed by atoms with E-state index in [-0.39, 0.29) is 28.0 Å². The fraction of sp³-hybridized carbons (Fsp3) is 0.308. The van der Waals surface area contributed by atoms with E-state index in [9.17, 15) is 18.8 Å². The zero-order valence-corrected chi connectivity index (χ0v) is 21.1. The number of primary amides is 1. The highest BCUT2D eigenvalue weighted by atomic mass is 32.1. The summed E-state index contributed by atoms with van der Waals surface area (Å²) in [6, 6.07) is 10.9. The number of nitrogens with zero attached hydrogens (tertiary/aromatic N) is 2. The molecular weight excluding hydrogens is 497 g/mol. The van der Waals surface area contributed by atoms with Gasteiger partial charge in [-0.3, -0.25) is 19.3 Å². The van der Waals surface area contributed by atoms with Crippen molar-refractivity contribution in [1.82, 2.24) is 9.69 Å². The van der Waals surface area contributed by atoms with E-state index >= 15 is 0 Å². The predicted molar refractivity (Wildman–Crippen MR) is 139 cm³/mol. The number of nitrogen functional groups attached to an aromatic ring is 1. The minimum Gasteiger partial charge on any atom is -0.494 e. The largest absolute Gasteiger partial charge is 0.494 e. The lowest BCUT2D eigenvalue weighted by molar-refractivity contribution is -0.123. The number of hydrogen-bond donors (Lipinski definition) is 3. The van der Waals surface area contributed by atoms with E-state index in [1.807, 2.05) is 6.92 Å². The quantitative estimate of drug-likeness (QED) is 0.388. The van der Waals surface area contributed by atoms with Crippen molar-refractivity contribution in [3.8, 4) is 5.75 Å². The van der Waals surface area contributed by atoms with E-state index < -0.39 is 29.6 Å². The standard InChI is InChI=1S/C26H28FN5O4S/c1-2-36-19-12-10-15(11-13-19)22(25(34)30-17-7-3-4-8-17)32(18-9-5-6-16(27)14-18)26(35)23-20(28)21(24(29)33)31-37-23/h5-6,9-14,17,22H,2-4,7-8,28H2,1H3,(H2,29,33)(H,30,34). The first kappa shape index (κ1) is 26.1. The summed E-state index contributed by atoms with van der Waals surface area (Å²) in [7, 11) is 0. The molecule has 1 unspecified atom stereocenters. The summed E-state index contributed by atoms with van der Waals surface area (Å²) in [4.78, 5) is 40.6. The summed E-state index contributed by atoms with van der Waals surface area (Å²) in [5.74, 6) is -2.01. The number of benzene rings is 2. The topological polar surface area (TPSA) is 141 Å². The Bertz CT molecular complexity index is 1290. The van der Waals surface area contributed by atoms with Gasteiger partial charge in [-0.05, 0) is 67.2 Å². The second-order valence-corrected chi connectivity index (χ2v) is 9.46. The first-order chi connectivity index (χ1) is 17.8. The average molecular weight is 526 g/mol. The molecule has 9 nitrogen and oxygen atoms in total. The molecule has 1 atom stereocenters. The SMILES string of the molecule is CCOc1ccc(C(C(=O)NC2CCCC2)N(C(=O)c2snc(C(N)=O)c2N)c2cccc(F)c2)cc1. The number of nitrogens with one attached hydrogen (secondary N) is 1. The molecule has 0 bridgehead atoms. The van der Waals surface area contributed by atoms with Crippen molar-refractivity contribution < 1.29 is 23.5 Å². The number of nitrogens with two attached hydrogens (primary N) is 2. The monoisotopic (exact) mass is 525 g/mol. The van der Waals surface area contributed by atoms with Gasteiger partial charge in [-0.25, -0.2) is 4.39 Å². The summed E-state index contributed by atoms with van der Waals surface area (Å²) in [5, 5.41) is 3.05. The van der Waals surface area contributed by atoms with Gasteiger partial charge in [0, 0.05) is 11.7 Å². The van der Waals surface area contributed by atoms with E-state index in [0.29, 0.717) is 29.5 Å². The molecule has 0 saturated heterocycles. The zero-order chi connectivity index (χ0) is 26.5. The third-order valence-corrected chi connectivity index (χ3v) is 7.03. The average Bonchev–Trinajstić information content (AvgIpc) is 3.52. The second-order valence-electron chi connectivity index (χ2n) is 8.69. The van der Waals surface area contributed by atoms with Crippen LogP contribution in [0.2, 0.25) is 0 Å². The Balaban J connectivity index is 1.84. The number of amides is 3. The minimum absolute atomic E-state index is 0.0305. The Hall–Kier alpha value is -3.99. The first-order valence-corrected chi connectivity index (χ1v) is 12.7. The molecule has 1 fully saturated rings. The third-order valence-electron chi connectivity index (χ3n) is 6.18. The Kier molecular flexibility index (Phi) is 8.02. The van der Waals surface area contributed by atoms with Crippen LogP contribution in [-0.2, 0) is 4.79 Å². The Morgan fingerprint density at radius 2 is 1.89 bits per heavy atom. The van der Waals surface area contributed by atoms with Gasteiger partial charge in [0.05, 0.1) is 12.3 Å². The van der Waals surface area contributed by atoms with Crippen LogP contribution in [0.4, 0.5) is 15.8 Å². The molecular formula is C26H28FN5O4S. The summed E-state index contributed by atoms with van der Waals surface area (Å²) in [5.41, 5.74) is 11.6. The Morgan fingerprint density at radius 3 is 2.49 bits per heavy atom. The van der Waals surface area contributed by atoms with Gasteiger partial charge in [-0.1, -0.05) is 31.0 Å². The highest BCUT2D eigenvalue weighted by molar-refractivity contribution is 7.09. The molecule has 11 heteroatoms. The highest BCUT2D eigenvalue weighted by Gasteiger charge is 2.37. The molecule has 3 amide bonds. The molecule has 4 rings (SSSR count). The number of carbonyl (C=O) groups is 3. The van der Waals surface area contributed by atoms with Crippen LogP contribution in [0, 0.1) is 5.82 Å². The van der Waals surface area contributed by atoms with Crippen LogP contribution in [0.1, 0.15) is 64.4 Å². The summed E-state index contributed by atoms with van der Waals surface area (Å²) in [6.07, 6.45) is 3.66. The fourth-order valence-electron chi connectivity index (χ4n) is 4.43. The predicted octanol–water partition coefficient (Wildman–Crippen LogP) is 3.81. The molecule has 1 aliphatic rings. The fourth-order valence-corrected chi connectivity index (χ4v) is 5.17. The molecule has 0 aliphatic heterocycles. The lowest BCUT2D eigenvalue weighted by Gasteiger charge is -2.32. The van der Waals surface area contributed by atoms with Gasteiger partial charge in [0.1, 0.15) is 22.5 Å². The van der Waals surface area contributed by atoms with Crippen molar-refractivity contribution in [1.29, 1.82) is 0 Å². The summed E-state index contributed by atoms with van der Waals surface area (Å²) >= 11 is 0.694. The number of ether oxygens (including phenoxy) is 1. The van der Waals surface area contributed by atoms with E-state index in [0.717, 1.165) is 31.7 Å². The number of halogens is 1. The van der Waals surface area contributed by atoms with E-state index in [2.05, 4.69) is 9.69 Å². The molecule has 1 saturated carbocycles. The number of rotatable bonds is 9. The van der Waals surface area contributed by atoms with Crippen molar-refractivity contribution in [3.63, 3.8) is 0 Å². The normalized spacial score (nSPS) is 14.2. The molecule has 0 radical (unpaired) electrons. The number of carbonyl (C=O) groups excluding carboxylic acids is 3. The van der Waals surface area contributed by atoms with Gasteiger partial charge >= 0.3 is 0 Å². The van der Waals surface area contributed by atoms with Gasteiger partial charge in [0.2, 0.25) is 5.91 Å². The lowest BCUT2D eigenvalue weighted by atomic mass is 10.0. The van der Waals surface area contributed by atoms with Crippen LogP contribution < -0.4 is 26.4 Å². The van der Waals surface area contributed by atoms with Crippen LogP contribution in [0.3, 0.4) is 0 Å². The Labute approximate surface area is 217 Å². The van der Waals surface area contributed by atoms with Crippen LogP contribution in [0.15, 0.2) is 48.5 Å². The maximum Gasteiger partial charge on any atom is 0.273 e. The second kappa shape index (κ2) is 11.4. The van der Waals surface area contributed by atoms with Gasteiger partial charge in [-0.15, -0.1) is 0 Å². The molecule has 2 aromatic carbocycles. The number of anilines is 2. The van der Waals surface area contributed by atoms with Crippen LogP contribution in [-0.4, -0.2) is 34.7 Å². The van der Waals surface area contributed by atoms with Gasteiger partial charge < -0.3 is 21.5 Å². The van der Waals surface area contributed by atoms with E-state index in [4.69, 9.17) is 16.2 Å². The van der Waals surface area contributed by atoms with Crippen molar-refractivity contribution >= 4 is 40.6 Å². The smallest absolute Gasteiger partial charge is 0.273 e. The molecule has 1 aliphatic carbocycles. The molecule has 194 valence electrons. The van der Waals surface area contributed by atoms with Gasteiger partial charge in [0.25, 0.3) is 11.8 Å². The number of aromatic nitrogens is 1. The van der Waals surface area contributed by atoms with E-state index in [1.165, 1.54) is 23.1 Å². The summed E-state index contributed by atoms with van der Waals surface area (Å²) < 4.78 is 23.8. The van der Waals surface area contributed by atoms with Gasteiger partial charge in [0.15, 0.2) is 5.69 Å². The maximum absolute atomic E-state index is 14.4. The lowest BCUT2D eigenvalue weighted by Crippen LogP contribution is -2.46.